The predicted octanol–water partition coefficient (Wildman–Crippen LogP) is 6.33. The lowest BCUT2D eigenvalue weighted by Gasteiger charge is -2.26. The summed E-state index contributed by atoms with van der Waals surface area (Å²) in [5, 5.41) is 3.23. The average molecular weight is 572 g/mol. The summed E-state index contributed by atoms with van der Waals surface area (Å²) in [4.78, 5) is 13.8. The molecular formula is C32H49N3O4S. The van der Waals surface area contributed by atoms with Crippen molar-refractivity contribution >= 4 is 15.9 Å². The Morgan fingerprint density at radius 2 is 1.60 bits per heavy atom. The number of hydrogen-bond acceptors (Lipinski definition) is 4. The first-order valence-corrected chi connectivity index (χ1v) is 16.4. The highest BCUT2D eigenvalue weighted by Gasteiger charge is 2.28. The minimum Gasteiger partial charge on any atom is -0.381 e. The molecule has 2 heterocycles. The predicted molar refractivity (Wildman–Crippen MR) is 161 cm³/mol. The molecule has 1 aliphatic heterocycles. The molecule has 7 nitrogen and oxygen atoms in total. The molecule has 1 saturated heterocycles. The van der Waals surface area contributed by atoms with Gasteiger partial charge >= 0.3 is 0 Å². The molecule has 2 aromatic rings. The Labute approximate surface area is 241 Å². The molecule has 0 radical (unpaired) electrons. The fraction of sp³-hybridized carbons (Fsp3) is 0.656. The number of sulfonamides is 1. The molecular weight excluding hydrogens is 522 g/mol. The summed E-state index contributed by atoms with van der Waals surface area (Å²) in [6.45, 7) is 16.0. The van der Waals surface area contributed by atoms with Crippen molar-refractivity contribution in [3.05, 3.63) is 41.1 Å². The molecule has 1 aromatic heterocycles. The molecule has 222 valence electrons. The van der Waals surface area contributed by atoms with Crippen molar-refractivity contribution in [2.75, 3.05) is 13.2 Å². The standard InChI is InChI=1S/C32H49N3O4S/c1-22-28(30(36)33-26-13-15-39-16-14-26)20-29(35(22)21-23-11-9-8-10-12-23)24-17-25(31(2,3)4)19-27(18-24)40(37,38)34-32(5,6)7/h17-20,23,26,34H,8-16,21H2,1-7H3,(H,33,36). The summed E-state index contributed by atoms with van der Waals surface area (Å²) in [5.41, 5.74) is 3.39. The Balaban J connectivity index is 1.83. The smallest absolute Gasteiger partial charge is 0.253 e. The summed E-state index contributed by atoms with van der Waals surface area (Å²) in [5.74, 6) is 0.476. The third kappa shape index (κ3) is 7.56. The monoisotopic (exact) mass is 571 g/mol. The van der Waals surface area contributed by atoms with Gasteiger partial charge in [0.15, 0.2) is 0 Å². The summed E-state index contributed by atoms with van der Waals surface area (Å²) in [7, 11) is -3.76. The van der Waals surface area contributed by atoms with Crippen LogP contribution in [0.3, 0.4) is 0 Å². The number of rotatable bonds is 7. The second kappa shape index (κ2) is 12.0. The second-order valence-corrected chi connectivity index (χ2v) is 15.5. The maximum absolute atomic E-state index is 13.6. The van der Waals surface area contributed by atoms with Gasteiger partial charge in [0.05, 0.1) is 10.5 Å². The van der Waals surface area contributed by atoms with Crippen LogP contribution in [0.25, 0.3) is 11.3 Å². The molecule has 1 aliphatic carbocycles. The number of aromatic nitrogens is 1. The highest BCUT2D eigenvalue weighted by molar-refractivity contribution is 7.89. The van der Waals surface area contributed by atoms with E-state index >= 15 is 0 Å². The van der Waals surface area contributed by atoms with Gasteiger partial charge in [0.25, 0.3) is 5.91 Å². The van der Waals surface area contributed by atoms with E-state index < -0.39 is 15.6 Å². The Morgan fingerprint density at radius 1 is 0.950 bits per heavy atom. The Kier molecular flexibility index (Phi) is 9.22. The van der Waals surface area contributed by atoms with E-state index in [1.54, 1.807) is 12.1 Å². The molecule has 2 aliphatic rings. The Hall–Kier alpha value is -2.16. The fourth-order valence-electron chi connectivity index (χ4n) is 5.88. The van der Waals surface area contributed by atoms with E-state index in [0.29, 0.717) is 24.7 Å². The average Bonchev–Trinajstić information content (AvgIpc) is 3.19. The third-order valence-corrected chi connectivity index (χ3v) is 9.89. The van der Waals surface area contributed by atoms with Crippen LogP contribution in [-0.2, 0) is 26.7 Å². The van der Waals surface area contributed by atoms with E-state index in [-0.39, 0.29) is 22.3 Å². The summed E-state index contributed by atoms with van der Waals surface area (Å²) in [6, 6.07) is 7.74. The first-order valence-electron chi connectivity index (χ1n) is 14.9. The summed E-state index contributed by atoms with van der Waals surface area (Å²) < 4.78 is 37.6. The zero-order valence-electron chi connectivity index (χ0n) is 25.5. The van der Waals surface area contributed by atoms with Crippen LogP contribution in [0.2, 0.25) is 0 Å². The number of hydrogen-bond donors (Lipinski definition) is 2. The van der Waals surface area contributed by atoms with E-state index in [0.717, 1.165) is 41.9 Å². The molecule has 1 aromatic carbocycles. The lowest BCUT2D eigenvalue weighted by atomic mass is 9.86. The van der Waals surface area contributed by atoms with Crippen LogP contribution in [-0.4, -0.2) is 43.7 Å². The molecule has 0 spiro atoms. The number of amides is 1. The lowest BCUT2D eigenvalue weighted by molar-refractivity contribution is 0.0696. The SMILES string of the molecule is Cc1c(C(=O)NC2CCOCC2)cc(-c2cc(C(C)(C)C)cc(S(=O)(=O)NC(C)(C)C)c2)n1CC1CCCCC1. The molecule has 2 fully saturated rings. The number of nitrogens with one attached hydrogen (secondary N) is 2. The highest BCUT2D eigenvalue weighted by Crippen LogP contribution is 2.35. The van der Waals surface area contributed by atoms with Gasteiger partial charge in [-0.25, -0.2) is 13.1 Å². The van der Waals surface area contributed by atoms with Gasteiger partial charge in [-0.2, -0.15) is 0 Å². The van der Waals surface area contributed by atoms with Crippen LogP contribution in [0.15, 0.2) is 29.2 Å². The van der Waals surface area contributed by atoms with Gasteiger partial charge in [-0.05, 0) is 100 Å². The first-order chi connectivity index (χ1) is 18.6. The third-order valence-electron chi connectivity index (χ3n) is 8.15. The van der Waals surface area contributed by atoms with Gasteiger partial charge < -0.3 is 14.6 Å². The molecule has 2 N–H and O–H groups in total. The molecule has 40 heavy (non-hydrogen) atoms. The van der Waals surface area contributed by atoms with Crippen LogP contribution in [0, 0.1) is 12.8 Å². The van der Waals surface area contributed by atoms with Crippen LogP contribution < -0.4 is 10.0 Å². The van der Waals surface area contributed by atoms with Gasteiger partial charge in [0.2, 0.25) is 10.0 Å². The van der Waals surface area contributed by atoms with E-state index in [1.807, 2.05) is 33.8 Å². The van der Waals surface area contributed by atoms with E-state index in [2.05, 4.69) is 41.4 Å². The normalized spacial score (nSPS) is 18.2. The number of nitrogens with zero attached hydrogens (tertiary/aromatic N) is 1. The Bertz CT molecular complexity index is 1300. The van der Waals surface area contributed by atoms with Gasteiger partial charge in [-0.3, -0.25) is 4.79 Å². The van der Waals surface area contributed by atoms with Crippen LogP contribution in [0.5, 0.6) is 0 Å². The maximum Gasteiger partial charge on any atom is 0.253 e. The highest BCUT2D eigenvalue weighted by atomic mass is 32.2. The van der Waals surface area contributed by atoms with Crippen LogP contribution >= 0.6 is 0 Å². The van der Waals surface area contributed by atoms with E-state index in [1.165, 1.54) is 32.1 Å². The first kappa shape index (κ1) is 30.8. The molecule has 1 saturated carbocycles. The summed E-state index contributed by atoms with van der Waals surface area (Å²) in [6.07, 6.45) is 7.74. The quantitative estimate of drug-likeness (QED) is 0.407. The number of carbonyl (C=O) groups is 1. The Morgan fingerprint density at radius 3 is 2.20 bits per heavy atom. The largest absolute Gasteiger partial charge is 0.381 e. The van der Waals surface area contributed by atoms with Crippen molar-refractivity contribution in [1.29, 1.82) is 0 Å². The fourth-order valence-corrected chi connectivity index (χ4v) is 7.37. The number of benzene rings is 1. The van der Waals surface area contributed by atoms with Crippen molar-refractivity contribution in [1.82, 2.24) is 14.6 Å². The van der Waals surface area contributed by atoms with E-state index in [4.69, 9.17) is 4.74 Å². The minimum atomic E-state index is -3.76. The van der Waals surface area contributed by atoms with E-state index in [9.17, 15) is 13.2 Å². The van der Waals surface area contributed by atoms with Crippen molar-refractivity contribution < 1.29 is 17.9 Å². The molecule has 0 unspecified atom stereocenters. The van der Waals surface area contributed by atoms with Crippen molar-refractivity contribution in [2.45, 2.75) is 122 Å². The molecule has 8 heteroatoms. The number of carbonyl (C=O) groups excluding carboxylic acids is 1. The molecule has 0 atom stereocenters. The van der Waals surface area contributed by atoms with Crippen molar-refractivity contribution in [3.8, 4) is 11.3 Å². The van der Waals surface area contributed by atoms with Crippen LogP contribution in [0.4, 0.5) is 0 Å². The van der Waals surface area contributed by atoms with Gasteiger partial charge in [0, 0.05) is 42.7 Å². The van der Waals surface area contributed by atoms with Gasteiger partial charge in [0.1, 0.15) is 0 Å². The number of ether oxygens (including phenoxy) is 1. The van der Waals surface area contributed by atoms with Crippen molar-refractivity contribution in [3.63, 3.8) is 0 Å². The zero-order valence-corrected chi connectivity index (χ0v) is 26.3. The van der Waals surface area contributed by atoms with Crippen molar-refractivity contribution in [2.24, 2.45) is 5.92 Å². The summed E-state index contributed by atoms with van der Waals surface area (Å²) >= 11 is 0. The topological polar surface area (TPSA) is 89.4 Å². The molecule has 0 bridgehead atoms. The van der Waals surface area contributed by atoms with Gasteiger partial charge in [-0.1, -0.05) is 40.0 Å². The second-order valence-electron chi connectivity index (χ2n) is 13.9. The maximum atomic E-state index is 13.6. The van der Waals surface area contributed by atoms with Crippen LogP contribution in [0.1, 0.15) is 108 Å². The van der Waals surface area contributed by atoms with Gasteiger partial charge in [-0.15, -0.1) is 0 Å². The molecule has 4 rings (SSSR count). The zero-order chi connectivity index (χ0) is 29.3. The molecule has 1 amide bonds. The minimum absolute atomic E-state index is 0.0673. The lowest BCUT2D eigenvalue weighted by Crippen LogP contribution is -2.40.